The van der Waals surface area contributed by atoms with Crippen molar-refractivity contribution in [1.82, 2.24) is 10.1 Å². The Morgan fingerprint density at radius 1 is 1.19 bits per heavy atom. The summed E-state index contributed by atoms with van der Waals surface area (Å²) in [6.07, 6.45) is 0. The van der Waals surface area contributed by atoms with Gasteiger partial charge >= 0.3 is 0 Å². The first-order valence-electron chi connectivity index (χ1n) is 6.14. The van der Waals surface area contributed by atoms with Crippen molar-refractivity contribution in [2.24, 2.45) is 0 Å². The third-order valence-electron chi connectivity index (χ3n) is 2.98. The van der Waals surface area contributed by atoms with Crippen LogP contribution in [0.3, 0.4) is 0 Å². The largest absolute Gasteiger partial charge is 0.507 e. The van der Waals surface area contributed by atoms with E-state index in [4.69, 9.17) is 4.52 Å². The maximum absolute atomic E-state index is 9.76. The van der Waals surface area contributed by atoms with Gasteiger partial charge in [-0.05, 0) is 65.4 Å². The third kappa shape index (κ3) is 2.96. The van der Waals surface area contributed by atoms with Gasteiger partial charge in [-0.15, -0.1) is 0 Å². The lowest BCUT2D eigenvalue weighted by molar-refractivity contribution is 0.431. The molecule has 0 radical (unpaired) electrons. The molecule has 0 bridgehead atoms. The predicted octanol–water partition coefficient (Wildman–Crippen LogP) is 4.78. The first-order valence-corrected chi connectivity index (χ1v) is 8.01. The smallest absolute Gasteiger partial charge is 0.258 e. The van der Waals surface area contributed by atoms with Crippen molar-refractivity contribution in [2.75, 3.05) is 0 Å². The van der Waals surface area contributed by atoms with Crippen molar-refractivity contribution in [3.63, 3.8) is 0 Å². The highest BCUT2D eigenvalue weighted by atomic mass is 127. The van der Waals surface area contributed by atoms with Crippen molar-refractivity contribution < 1.29 is 9.63 Å². The molecule has 0 saturated heterocycles. The Bertz CT molecular complexity index is 817. The molecule has 6 heteroatoms. The monoisotopic (exact) mass is 456 g/mol. The SMILES string of the molecule is Cc1ccc(-c2noc(-c3ccc(I)c(O)c3)n2)c(Br)c1. The molecule has 2 aromatic carbocycles. The second-order valence-electron chi connectivity index (χ2n) is 4.57. The van der Waals surface area contributed by atoms with Gasteiger partial charge in [0.05, 0.1) is 3.57 Å². The topological polar surface area (TPSA) is 59.2 Å². The summed E-state index contributed by atoms with van der Waals surface area (Å²) in [5.41, 5.74) is 2.71. The van der Waals surface area contributed by atoms with Crippen LogP contribution in [0, 0.1) is 10.5 Å². The number of hydrogen-bond acceptors (Lipinski definition) is 4. The highest BCUT2D eigenvalue weighted by Crippen LogP contribution is 2.30. The van der Waals surface area contributed by atoms with Crippen molar-refractivity contribution >= 4 is 38.5 Å². The summed E-state index contributed by atoms with van der Waals surface area (Å²) in [6.45, 7) is 2.02. The Balaban J connectivity index is 2.01. The number of aromatic nitrogens is 2. The number of hydrogen-bond donors (Lipinski definition) is 1. The van der Waals surface area contributed by atoms with E-state index in [0.29, 0.717) is 17.3 Å². The molecule has 0 aliphatic rings. The van der Waals surface area contributed by atoms with Crippen molar-refractivity contribution in [3.05, 3.63) is 50.0 Å². The molecule has 4 nitrogen and oxygen atoms in total. The van der Waals surface area contributed by atoms with Gasteiger partial charge in [-0.1, -0.05) is 27.2 Å². The van der Waals surface area contributed by atoms with E-state index < -0.39 is 0 Å². The summed E-state index contributed by atoms with van der Waals surface area (Å²) in [4.78, 5) is 4.39. The highest BCUT2D eigenvalue weighted by molar-refractivity contribution is 14.1. The maximum Gasteiger partial charge on any atom is 0.258 e. The van der Waals surface area contributed by atoms with Crippen LogP contribution in [-0.4, -0.2) is 15.2 Å². The Morgan fingerprint density at radius 2 is 2.00 bits per heavy atom. The predicted molar refractivity (Wildman–Crippen MR) is 92.0 cm³/mol. The molecule has 21 heavy (non-hydrogen) atoms. The first-order chi connectivity index (χ1) is 10.0. The van der Waals surface area contributed by atoms with E-state index in [-0.39, 0.29) is 5.75 Å². The lowest BCUT2D eigenvalue weighted by Crippen LogP contribution is -1.84. The van der Waals surface area contributed by atoms with E-state index in [1.165, 1.54) is 0 Å². The number of halogens is 2. The average molecular weight is 457 g/mol. The van der Waals surface area contributed by atoms with Crippen LogP contribution in [0.2, 0.25) is 0 Å². The Kier molecular flexibility index (Phi) is 3.99. The van der Waals surface area contributed by atoms with E-state index >= 15 is 0 Å². The number of nitrogens with zero attached hydrogens (tertiary/aromatic N) is 2. The van der Waals surface area contributed by atoms with Gasteiger partial charge in [0.15, 0.2) is 0 Å². The number of aryl methyl sites for hydroxylation is 1. The van der Waals surface area contributed by atoms with Crippen LogP contribution in [0.15, 0.2) is 45.4 Å². The molecule has 0 aliphatic heterocycles. The summed E-state index contributed by atoms with van der Waals surface area (Å²) in [5, 5.41) is 13.8. The number of phenolic OH excluding ortho intramolecular Hbond substituents is 1. The molecule has 0 unspecified atom stereocenters. The van der Waals surface area contributed by atoms with Gasteiger partial charge < -0.3 is 9.63 Å². The van der Waals surface area contributed by atoms with Crippen LogP contribution < -0.4 is 0 Å². The Hall–Kier alpha value is -1.41. The fourth-order valence-electron chi connectivity index (χ4n) is 1.90. The molecule has 0 amide bonds. The number of rotatable bonds is 2. The van der Waals surface area contributed by atoms with Crippen LogP contribution in [0.1, 0.15) is 5.56 Å². The van der Waals surface area contributed by atoms with Crippen LogP contribution in [0.25, 0.3) is 22.8 Å². The zero-order chi connectivity index (χ0) is 15.0. The normalized spacial score (nSPS) is 10.8. The van der Waals surface area contributed by atoms with Gasteiger partial charge in [0.1, 0.15) is 5.75 Å². The molecule has 0 aliphatic carbocycles. The highest BCUT2D eigenvalue weighted by Gasteiger charge is 2.14. The molecule has 0 spiro atoms. The Labute approximate surface area is 143 Å². The van der Waals surface area contributed by atoms with E-state index in [9.17, 15) is 5.11 Å². The van der Waals surface area contributed by atoms with Crippen molar-refractivity contribution in [1.29, 1.82) is 0 Å². The standard InChI is InChI=1S/C15H10BrIN2O2/c1-8-2-4-10(11(16)6-8)14-18-15(21-19-14)9-3-5-12(17)13(20)7-9/h2-7,20H,1H3. The van der Waals surface area contributed by atoms with Crippen LogP contribution >= 0.6 is 38.5 Å². The summed E-state index contributed by atoms with van der Waals surface area (Å²) in [6, 6.07) is 11.2. The molecule has 106 valence electrons. The lowest BCUT2D eigenvalue weighted by atomic mass is 10.1. The maximum atomic E-state index is 9.76. The quantitative estimate of drug-likeness (QED) is 0.563. The molecule has 1 aromatic heterocycles. The van der Waals surface area contributed by atoms with E-state index in [2.05, 4.69) is 48.7 Å². The molecule has 3 rings (SSSR count). The van der Waals surface area contributed by atoms with Crippen LogP contribution in [0.5, 0.6) is 5.75 Å². The van der Waals surface area contributed by atoms with E-state index in [1.807, 2.05) is 31.2 Å². The summed E-state index contributed by atoms with van der Waals surface area (Å²) in [5.74, 6) is 1.09. The van der Waals surface area contributed by atoms with Crippen molar-refractivity contribution in [3.8, 4) is 28.6 Å². The molecule has 1 N–H and O–H groups in total. The zero-order valence-corrected chi connectivity index (χ0v) is 14.7. The summed E-state index contributed by atoms with van der Waals surface area (Å²) in [7, 11) is 0. The van der Waals surface area contributed by atoms with Gasteiger partial charge in [-0.3, -0.25) is 0 Å². The van der Waals surface area contributed by atoms with Gasteiger partial charge in [0, 0.05) is 15.6 Å². The second kappa shape index (κ2) is 5.76. The average Bonchev–Trinajstić information content (AvgIpc) is 2.91. The minimum atomic E-state index is 0.198. The van der Waals surface area contributed by atoms with E-state index in [0.717, 1.165) is 19.2 Å². The molecule has 0 fully saturated rings. The second-order valence-corrected chi connectivity index (χ2v) is 6.59. The molecule has 3 aromatic rings. The van der Waals surface area contributed by atoms with Gasteiger partial charge in [0.2, 0.25) is 5.82 Å². The molecule has 0 saturated carbocycles. The molecule has 0 atom stereocenters. The zero-order valence-electron chi connectivity index (χ0n) is 11.0. The number of aromatic hydroxyl groups is 1. The van der Waals surface area contributed by atoms with Crippen molar-refractivity contribution in [2.45, 2.75) is 6.92 Å². The van der Waals surface area contributed by atoms with Gasteiger partial charge in [-0.2, -0.15) is 4.98 Å². The van der Waals surface area contributed by atoms with Crippen LogP contribution in [-0.2, 0) is 0 Å². The number of phenols is 1. The summed E-state index contributed by atoms with van der Waals surface area (Å²) >= 11 is 5.57. The molecular formula is C15H10BrIN2O2. The fourth-order valence-corrected chi connectivity index (χ4v) is 2.90. The lowest BCUT2D eigenvalue weighted by Gasteiger charge is -2.00. The number of benzene rings is 2. The minimum absolute atomic E-state index is 0.198. The van der Waals surface area contributed by atoms with E-state index in [1.54, 1.807) is 12.1 Å². The summed E-state index contributed by atoms with van der Waals surface area (Å²) < 4.78 is 6.98. The van der Waals surface area contributed by atoms with Crippen LogP contribution in [0.4, 0.5) is 0 Å². The minimum Gasteiger partial charge on any atom is -0.507 e. The third-order valence-corrected chi connectivity index (χ3v) is 4.55. The fraction of sp³-hybridized carbons (Fsp3) is 0.0667. The van der Waals surface area contributed by atoms with Gasteiger partial charge in [-0.25, -0.2) is 0 Å². The molecule has 1 heterocycles. The van der Waals surface area contributed by atoms with Gasteiger partial charge in [0.25, 0.3) is 5.89 Å². The molecular weight excluding hydrogens is 447 g/mol. The Morgan fingerprint density at radius 3 is 2.71 bits per heavy atom. The first kappa shape index (κ1) is 14.5.